The third kappa shape index (κ3) is 4.22. The van der Waals surface area contributed by atoms with Gasteiger partial charge in [0.05, 0.1) is 5.71 Å². The molecule has 1 N–H and O–H groups in total. The number of nitrogens with zero attached hydrogens (tertiary/aromatic N) is 1. The smallest absolute Gasteiger partial charge is 0.323 e. The van der Waals surface area contributed by atoms with Gasteiger partial charge >= 0.3 is 10.1 Å². The highest BCUT2D eigenvalue weighted by Crippen LogP contribution is 2.18. The van der Waals surface area contributed by atoms with E-state index in [0.29, 0.717) is 0 Å². The molecule has 0 aliphatic heterocycles. The van der Waals surface area contributed by atoms with Crippen LogP contribution in [0.2, 0.25) is 0 Å². The van der Waals surface area contributed by atoms with Crippen molar-refractivity contribution < 1.29 is 12.6 Å². The minimum absolute atomic E-state index is 0.210. The van der Waals surface area contributed by atoms with Crippen molar-refractivity contribution in [2.24, 2.45) is 5.10 Å². The van der Waals surface area contributed by atoms with E-state index in [-0.39, 0.29) is 5.75 Å². The van der Waals surface area contributed by atoms with Crippen LogP contribution in [0.4, 0.5) is 0 Å². The number of benzene rings is 2. The lowest BCUT2D eigenvalue weighted by Gasteiger charge is -2.09. The second kappa shape index (κ2) is 7.29. The monoisotopic (exact) mass is 338 g/mol. The first kappa shape index (κ1) is 16.3. The Hall–Kier alpha value is -2.05. The standard InChI is InChI=1S/C15H15ClN2O3S/c1-17-18-15(12-5-3-2-4-6-12)13-7-9-14(10-8-13)21-22(19,20)11-16/h2-10,17H,11H2,1H3/b18-15-. The summed E-state index contributed by atoms with van der Waals surface area (Å²) in [6, 6.07) is 16.3. The number of hydrogen-bond donors (Lipinski definition) is 1. The molecule has 0 spiro atoms. The SMILES string of the molecule is CN/N=C(/c1ccccc1)c1ccc(OS(=O)(=O)CCl)cc1. The molecule has 116 valence electrons. The van der Waals surface area contributed by atoms with E-state index in [9.17, 15) is 8.42 Å². The fraction of sp³-hybridized carbons (Fsp3) is 0.133. The van der Waals surface area contributed by atoms with Crippen molar-refractivity contribution in [2.45, 2.75) is 0 Å². The van der Waals surface area contributed by atoms with Gasteiger partial charge < -0.3 is 9.61 Å². The minimum Gasteiger partial charge on any atom is -0.382 e. The fourth-order valence-corrected chi connectivity index (χ4v) is 2.42. The Morgan fingerprint density at radius 1 is 1.09 bits per heavy atom. The fourth-order valence-electron chi connectivity index (χ4n) is 1.84. The summed E-state index contributed by atoms with van der Waals surface area (Å²) in [4.78, 5) is 0. The molecule has 0 bridgehead atoms. The van der Waals surface area contributed by atoms with Crippen molar-refractivity contribution >= 4 is 27.4 Å². The molecule has 2 aromatic carbocycles. The molecule has 5 nitrogen and oxygen atoms in total. The third-order valence-corrected chi connectivity index (χ3v) is 4.27. The number of alkyl halides is 1. The van der Waals surface area contributed by atoms with E-state index >= 15 is 0 Å². The zero-order chi connectivity index (χ0) is 16.0. The Balaban J connectivity index is 2.30. The van der Waals surface area contributed by atoms with Crippen LogP contribution in [0, 0.1) is 0 Å². The van der Waals surface area contributed by atoms with Gasteiger partial charge in [-0.25, -0.2) is 0 Å². The maximum atomic E-state index is 11.3. The van der Waals surface area contributed by atoms with Crippen molar-refractivity contribution in [3.8, 4) is 5.75 Å². The maximum absolute atomic E-state index is 11.3. The Labute approximate surface area is 134 Å². The van der Waals surface area contributed by atoms with Gasteiger partial charge in [-0.3, -0.25) is 0 Å². The highest BCUT2D eigenvalue weighted by atomic mass is 35.5. The van der Waals surface area contributed by atoms with Crippen LogP contribution < -0.4 is 9.61 Å². The van der Waals surface area contributed by atoms with Gasteiger partial charge in [0, 0.05) is 18.2 Å². The first-order valence-electron chi connectivity index (χ1n) is 6.44. The molecule has 7 heteroatoms. The molecular formula is C15H15ClN2O3S. The molecule has 0 fully saturated rings. The number of hydrogen-bond acceptors (Lipinski definition) is 5. The summed E-state index contributed by atoms with van der Waals surface area (Å²) in [5.74, 6) is 0.210. The largest absolute Gasteiger partial charge is 0.382 e. The van der Waals surface area contributed by atoms with E-state index in [2.05, 4.69) is 10.5 Å². The second-order valence-electron chi connectivity index (χ2n) is 4.32. The third-order valence-electron chi connectivity index (χ3n) is 2.76. The molecule has 0 heterocycles. The van der Waals surface area contributed by atoms with Crippen LogP contribution in [0.1, 0.15) is 11.1 Å². The van der Waals surface area contributed by atoms with Gasteiger partial charge in [0.1, 0.15) is 5.75 Å². The molecule has 0 saturated heterocycles. The van der Waals surface area contributed by atoms with E-state index in [1.165, 1.54) is 0 Å². The lowest BCUT2D eigenvalue weighted by atomic mass is 10.0. The Bertz CT molecular complexity index is 744. The van der Waals surface area contributed by atoms with Crippen molar-refractivity contribution in [3.05, 3.63) is 65.7 Å². The van der Waals surface area contributed by atoms with Gasteiger partial charge in [-0.1, -0.05) is 30.3 Å². The summed E-state index contributed by atoms with van der Waals surface area (Å²) >= 11 is 5.31. The van der Waals surface area contributed by atoms with Gasteiger partial charge in [0.15, 0.2) is 5.21 Å². The van der Waals surface area contributed by atoms with Crippen LogP contribution in [-0.4, -0.2) is 26.4 Å². The van der Waals surface area contributed by atoms with Gasteiger partial charge in [-0.05, 0) is 24.3 Å². The Morgan fingerprint density at radius 3 is 2.23 bits per heavy atom. The summed E-state index contributed by atoms with van der Waals surface area (Å²) in [6.07, 6.45) is 0. The number of rotatable bonds is 6. The van der Waals surface area contributed by atoms with Gasteiger partial charge in [0.25, 0.3) is 0 Å². The zero-order valence-electron chi connectivity index (χ0n) is 11.9. The van der Waals surface area contributed by atoms with Crippen molar-refractivity contribution in [2.75, 3.05) is 12.3 Å². The summed E-state index contributed by atoms with van der Waals surface area (Å²) in [7, 11) is -2.03. The normalized spacial score (nSPS) is 12.0. The molecule has 0 saturated carbocycles. The lowest BCUT2D eigenvalue weighted by molar-refractivity contribution is 0.491. The Kier molecular flexibility index (Phi) is 5.41. The van der Waals surface area contributed by atoms with E-state index in [4.69, 9.17) is 15.8 Å². The molecule has 0 aliphatic rings. The van der Waals surface area contributed by atoms with E-state index in [1.54, 1.807) is 31.3 Å². The van der Waals surface area contributed by atoms with E-state index < -0.39 is 15.3 Å². The van der Waals surface area contributed by atoms with Crippen LogP contribution >= 0.6 is 11.6 Å². The molecule has 2 rings (SSSR count). The van der Waals surface area contributed by atoms with Crippen LogP contribution in [0.25, 0.3) is 0 Å². The maximum Gasteiger partial charge on any atom is 0.323 e. The van der Waals surface area contributed by atoms with Crippen molar-refractivity contribution in [1.29, 1.82) is 0 Å². The predicted molar refractivity (Wildman–Crippen MR) is 87.9 cm³/mol. The number of halogens is 1. The molecule has 2 aromatic rings. The number of hydrazone groups is 1. The minimum atomic E-state index is -3.75. The average Bonchev–Trinajstić information content (AvgIpc) is 2.54. The average molecular weight is 339 g/mol. The first-order valence-corrected chi connectivity index (χ1v) is 8.55. The molecule has 22 heavy (non-hydrogen) atoms. The quantitative estimate of drug-likeness (QED) is 0.380. The zero-order valence-corrected chi connectivity index (χ0v) is 13.4. The van der Waals surface area contributed by atoms with Crippen LogP contribution in [-0.2, 0) is 10.1 Å². The highest BCUT2D eigenvalue weighted by molar-refractivity contribution is 7.88. The molecule has 0 radical (unpaired) electrons. The summed E-state index contributed by atoms with van der Waals surface area (Å²) in [5, 5.41) is 3.68. The summed E-state index contributed by atoms with van der Waals surface area (Å²) in [6.45, 7) is 0. The van der Waals surface area contributed by atoms with E-state index in [1.807, 2.05) is 30.3 Å². The highest BCUT2D eigenvalue weighted by Gasteiger charge is 2.12. The van der Waals surface area contributed by atoms with Crippen molar-refractivity contribution in [1.82, 2.24) is 5.43 Å². The van der Waals surface area contributed by atoms with E-state index in [0.717, 1.165) is 16.8 Å². The lowest BCUT2D eigenvalue weighted by Crippen LogP contribution is -2.11. The topological polar surface area (TPSA) is 67.8 Å². The first-order chi connectivity index (χ1) is 10.6. The molecular weight excluding hydrogens is 324 g/mol. The summed E-state index contributed by atoms with van der Waals surface area (Å²) < 4.78 is 27.5. The van der Waals surface area contributed by atoms with Gasteiger partial charge in [-0.2, -0.15) is 13.5 Å². The molecule has 0 unspecified atom stereocenters. The molecule has 0 aliphatic carbocycles. The molecule has 0 amide bonds. The van der Waals surface area contributed by atoms with Crippen molar-refractivity contribution in [3.63, 3.8) is 0 Å². The van der Waals surface area contributed by atoms with Crippen LogP contribution in [0.3, 0.4) is 0 Å². The van der Waals surface area contributed by atoms with Gasteiger partial charge in [0.2, 0.25) is 0 Å². The Morgan fingerprint density at radius 2 is 1.68 bits per heavy atom. The molecule has 0 aromatic heterocycles. The molecule has 0 atom stereocenters. The second-order valence-corrected chi connectivity index (χ2v) is 6.48. The predicted octanol–water partition coefficient (Wildman–Crippen LogP) is 2.56. The number of nitrogens with one attached hydrogen (secondary N) is 1. The van der Waals surface area contributed by atoms with Crippen LogP contribution in [0.15, 0.2) is 59.7 Å². The van der Waals surface area contributed by atoms with Crippen LogP contribution in [0.5, 0.6) is 5.75 Å². The van der Waals surface area contributed by atoms with Gasteiger partial charge in [-0.15, -0.1) is 11.6 Å². The summed E-state index contributed by atoms with van der Waals surface area (Å²) in [5.41, 5.74) is 5.29.